The van der Waals surface area contributed by atoms with E-state index in [1.54, 1.807) is 27.1 Å². The van der Waals surface area contributed by atoms with Crippen LogP contribution in [0.5, 0.6) is 0 Å². The third-order valence-corrected chi connectivity index (χ3v) is 2.77. The number of amides is 2. The molecule has 0 radical (unpaired) electrons. The van der Waals surface area contributed by atoms with Gasteiger partial charge >= 0.3 is 0 Å². The maximum absolute atomic E-state index is 13.0. The van der Waals surface area contributed by atoms with Crippen LogP contribution in [0.2, 0.25) is 0 Å². The molecule has 1 aromatic rings. The van der Waals surface area contributed by atoms with Crippen molar-refractivity contribution in [2.24, 2.45) is 0 Å². The molecule has 0 aliphatic heterocycles. The van der Waals surface area contributed by atoms with Gasteiger partial charge in [0.1, 0.15) is 5.82 Å². The Kier molecular flexibility index (Phi) is 5.48. The van der Waals surface area contributed by atoms with Gasteiger partial charge in [-0.25, -0.2) is 4.39 Å². The molecule has 0 saturated heterocycles. The number of anilines is 1. The highest BCUT2D eigenvalue weighted by Crippen LogP contribution is 2.16. The first kappa shape index (κ1) is 15.1. The third kappa shape index (κ3) is 5.07. The molecule has 0 aromatic heterocycles. The molecule has 5 heteroatoms. The maximum atomic E-state index is 13.0. The fourth-order valence-electron chi connectivity index (χ4n) is 1.57. The first-order valence-electron chi connectivity index (χ1n) is 6.16. The zero-order valence-electron chi connectivity index (χ0n) is 11.5. The fourth-order valence-corrected chi connectivity index (χ4v) is 1.57. The lowest BCUT2D eigenvalue weighted by atomic mass is 10.1. The number of nitrogens with zero attached hydrogens (tertiary/aromatic N) is 1. The van der Waals surface area contributed by atoms with Crippen LogP contribution in [0.25, 0.3) is 0 Å². The lowest BCUT2D eigenvalue weighted by Crippen LogP contribution is -2.22. The Balaban J connectivity index is 2.43. The van der Waals surface area contributed by atoms with Crippen LogP contribution in [0.4, 0.5) is 10.1 Å². The normalized spacial score (nSPS) is 10.1. The van der Waals surface area contributed by atoms with Gasteiger partial charge in [-0.3, -0.25) is 9.59 Å². The zero-order chi connectivity index (χ0) is 14.4. The number of aryl methyl sites for hydroxylation is 1. The number of benzene rings is 1. The Morgan fingerprint density at radius 1 is 1.26 bits per heavy atom. The van der Waals surface area contributed by atoms with Crippen molar-refractivity contribution in [3.8, 4) is 0 Å². The van der Waals surface area contributed by atoms with E-state index in [2.05, 4.69) is 5.32 Å². The minimum absolute atomic E-state index is 0.00487. The van der Waals surface area contributed by atoms with Crippen molar-refractivity contribution in [2.75, 3.05) is 19.4 Å². The van der Waals surface area contributed by atoms with Crippen molar-refractivity contribution in [3.63, 3.8) is 0 Å². The van der Waals surface area contributed by atoms with E-state index in [4.69, 9.17) is 0 Å². The summed E-state index contributed by atoms with van der Waals surface area (Å²) in [4.78, 5) is 24.5. The molecular weight excluding hydrogens is 247 g/mol. The Hall–Kier alpha value is -1.91. The number of carbonyl (C=O) groups excluding carboxylic acids is 2. The van der Waals surface area contributed by atoms with Crippen molar-refractivity contribution in [1.82, 2.24) is 4.90 Å². The third-order valence-electron chi connectivity index (χ3n) is 2.77. The average molecular weight is 266 g/mol. The maximum Gasteiger partial charge on any atom is 0.224 e. The molecule has 4 nitrogen and oxygen atoms in total. The highest BCUT2D eigenvalue weighted by molar-refractivity contribution is 5.91. The summed E-state index contributed by atoms with van der Waals surface area (Å²) in [5, 5.41) is 2.65. The minimum atomic E-state index is -0.385. The number of hydrogen-bond donors (Lipinski definition) is 1. The van der Waals surface area contributed by atoms with E-state index in [1.165, 1.54) is 17.0 Å². The summed E-state index contributed by atoms with van der Waals surface area (Å²) in [5.41, 5.74) is 1.28. The van der Waals surface area contributed by atoms with Gasteiger partial charge in [0, 0.05) is 32.6 Å². The molecule has 0 atom stereocenters. The van der Waals surface area contributed by atoms with Gasteiger partial charge in [0.15, 0.2) is 0 Å². The van der Waals surface area contributed by atoms with Gasteiger partial charge in [0.25, 0.3) is 0 Å². The Morgan fingerprint density at radius 3 is 2.58 bits per heavy atom. The summed E-state index contributed by atoms with van der Waals surface area (Å²) < 4.78 is 13.0. The van der Waals surface area contributed by atoms with Gasteiger partial charge in [0.05, 0.1) is 0 Å². The van der Waals surface area contributed by atoms with E-state index in [0.717, 1.165) is 5.56 Å². The van der Waals surface area contributed by atoms with E-state index in [-0.39, 0.29) is 24.1 Å². The Bertz CT molecular complexity index is 473. The molecule has 2 amide bonds. The van der Waals surface area contributed by atoms with Crippen LogP contribution in [-0.2, 0) is 9.59 Å². The van der Waals surface area contributed by atoms with Crippen molar-refractivity contribution < 1.29 is 14.0 Å². The highest BCUT2D eigenvalue weighted by atomic mass is 19.1. The fraction of sp³-hybridized carbons (Fsp3) is 0.429. The molecule has 104 valence electrons. The van der Waals surface area contributed by atoms with Gasteiger partial charge < -0.3 is 10.2 Å². The summed E-state index contributed by atoms with van der Waals surface area (Å²) in [5.74, 6) is -0.598. The van der Waals surface area contributed by atoms with Crippen LogP contribution in [0.1, 0.15) is 24.8 Å². The number of nitrogens with one attached hydrogen (secondary N) is 1. The van der Waals surface area contributed by atoms with Crippen molar-refractivity contribution in [2.45, 2.75) is 26.2 Å². The van der Waals surface area contributed by atoms with E-state index in [0.29, 0.717) is 18.5 Å². The zero-order valence-corrected chi connectivity index (χ0v) is 11.5. The summed E-state index contributed by atoms with van der Waals surface area (Å²) in [7, 11) is 3.36. The standard InChI is InChI=1S/C14H19FN2O2/c1-10-7-8-11(15)9-12(10)16-13(18)5-4-6-14(19)17(2)3/h7-9H,4-6H2,1-3H3,(H,16,18). The second-order valence-corrected chi connectivity index (χ2v) is 4.65. The lowest BCUT2D eigenvalue weighted by Gasteiger charge is -2.10. The second kappa shape index (κ2) is 6.87. The van der Waals surface area contributed by atoms with Crippen LogP contribution in [0.15, 0.2) is 18.2 Å². The van der Waals surface area contributed by atoms with Crippen LogP contribution < -0.4 is 5.32 Å². The number of rotatable bonds is 5. The summed E-state index contributed by atoms with van der Waals surface area (Å²) >= 11 is 0. The molecule has 1 rings (SSSR count). The van der Waals surface area contributed by atoms with Crippen LogP contribution >= 0.6 is 0 Å². The van der Waals surface area contributed by atoms with Crippen molar-refractivity contribution >= 4 is 17.5 Å². The minimum Gasteiger partial charge on any atom is -0.349 e. The SMILES string of the molecule is Cc1ccc(F)cc1NC(=O)CCCC(=O)N(C)C. The van der Waals surface area contributed by atoms with Gasteiger partial charge in [-0.15, -0.1) is 0 Å². The van der Waals surface area contributed by atoms with Gasteiger partial charge in [0.2, 0.25) is 11.8 Å². The largest absolute Gasteiger partial charge is 0.349 e. The van der Waals surface area contributed by atoms with Crippen LogP contribution in [0.3, 0.4) is 0 Å². The molecule has 0 unspecified atom stereocenters. The van der Waals surface area contributed by atoms with Crippen molar-refractivity contribution in [1.29, 1.82) is 0 Å². The predicted octanol–water partition coefficient (Wildman–Crippen LogP) is 2.33. The lowest BCUT2D eigenvalue weighted by molar-refractivity contribution is -0.128. The first-order valence-corrected chi connectivity index (χ1v) is 6.16. The van der Waals surface area contributed by atoms with Gasteiger partial charge in [-0.05, 0) is 31.0 Å². The predicted molar refractivity (Wildman–Crippen MR) is 72.3 cm³/mol. The smallest absolute Gasteiger partial charge is 0.224 e. The van der Waals surface area contributed by atoms with Gasteiger partial charge in [-0.1, -0.05) is 6.07 Å². The molecule has 0 aliphatic carbocycles. The topological polar surface area (TPSA) is 49.4 Å². The Labute approximate surface area is 112 Å². The number of carbonyl (C=O) groups is 2. The van der Waals surface area contributed by atoms with E-state index < -0.39 is 0 Å². The van der Waals surface area contributed by atoms with Crippen LogP contribution in [-0.4, -0.2) is 30.8 Å². The molecule has 1 aromatic carbocycles. The first-order chi connectivity index (χ1) is 8.90. The van der Waals surface area contributed by atoms with E-state index >= 15 is 0 Å². The van der Waals surface area contributed by atoms with Crippen LogP contribution in [0, 0.1) is 12.7 Å². The van der Waals surface area contributed by atoms with Crippen molar-refractivity contribution in [3.05, 3.63) is 29.6 Å². The molecule has 0 heterocycles. The molecule has 0 fully saturated rings. The quantitative estimate of drug-likeness (QED) is 0.889. The van der Waals surface area contributed by atoms with E-state index in [9.17, 15) is 14.0 Å². The van der Waals surface area contributed by atoms with Gasteiger partial charge in [-0.2, -0.15) is 0 Å². The highest BCUT2D eigenvalue weighted by Gasteiger charge is 2.08. The molecular formula is C14H19FN2O2. The molecule has 0 bridgehead atoms. The number of hydrogen-bond acceptors (Lipinski definition) is 2. The second-order valence-electron chi connectivity index (χ2n) is 4.65. The Morgan fingerprint density at radius 2 is 1.95 bits per heavy atom. The molecule has 19 heavy (non-hydrogen) atoms. The average Bonchev–Trinajstić information content (AvgIpc) is 2.33. The molecule has 0 saturated carbocycles. The molecule has 0 spiro atoms. The summed E-state index contributed by atoms with van der Waals surface area (Å²) in [6.07, 6.45) is 1.06. The number of halogens is 1. The monoisotopic (exact) mass is 266 g/mol. The summed E-state index contributed by atoms with van der Waals surface area (Å²) in [6.45, 7) is 1.80. The summed E-state index contributed by atoms with van der Waals surface area (Å²) in [6, 6.07) is 4.25. The molecule has 0 aliphatic rings. The van der Waals surface area contributed by atoms with E-state index in [1.807, 2.05) is 0 Å². The molecule has 1 N–H and O–H groups in total.